The van der Waals surface area contributed by atoms with Crippen LogP contribution >= 0.6 is 0 Å². The minimum absolute atomic E-state index is 0.0975. The second kappa shape index (κ2) is 4.97. The van der Waals surface area contributed by atoms with Crippen LogP contribution in [0.2, 0.25) is 0 Å². The van der Waals surface area contributed by atoms with Gasteiger partial charge in [0.15, 0.2) is 5.69 Å². The second-order valence-corrected chi connectivity index (χ2v) is 5.53. The normalized spacial score (nSPS) is 11.4. The number of aromatic nitrogens is 3. The van der Waals surface area contributed by atoms with Crippen molar-refractivity contribution in [1.82, 2.24) is 15.0 Å². The van der Waals surface area contributed by atoms with Gasteiger partial charge in [-0.25, -0.2) is 9.48 Å². The number of nitro benzene ring substituents is 1. The summed E-state index contributed by atoms with van der Waals surface area (Å²) in [6, 6.07) is 5.81. The zero-order valence-electron chi connectivity index (χ0n) is 11.8. The fourth-order valence-corrected chi connectivity index (χ4v) is 2.02. The van der Waals surface area contributed by atoms with Crippen molar-refractivity contribution in [2.75, 3.05) is 0 Å². The lowest BCUT2D eigenvalue weighted by atomic mass is 9.90. The first-order chi connectivity index (χ1) is 9.71. The predicted octanol–water partition coefficient (Wildman–Crippen LogP) is 2.17. The van der Waals surface area contributed by atoms with Crippen molar-refractivity contribution in [1.29, 1.82) is 0 Å². The molecule has 0 radical (unpaired) electrons. The van der Waals surface area contributed by atoms with Gasteiger partial charge in [0.2, 0.25) is 0 Å². The van der Waals surface area contributed by atoms with Gasteiger partial charge in [-0.15, -0.1) is 5.10 Å². The highest BCUT2D eigenvalue weighted by atomic mass is 16.6. The molecule has 110 valence electrons. The van der Waals surface area contributed by atoms with E-state index < -0.39 is 16.3 Å². The maximum absolute atomic E-state index is 11.3. The standard InChI is InChI=1S/C13H14N4O4/c1-13(2,3)11-10(12(18)19)14-15-16(11)8-5-4-6-9(7-8)17(20)21/h4-7H,1-3H3,(H,18,19). The Morgan fingerprint density at radius 2 is 2.05 bits per heavy atom. The maximum atomic E-state index is 11.3. The van der Waals surface area contributed by atoms with Crippen molar-refractivity contribution in [3.8, 4) is 5.69 Å². The Labute approximate surface area is 120 Å². The summed E-state index contributed by atoms with van der Waals surface area (Å²) in [5, 5.41) is 27.6. The smallest absolute Gasteiger partial charge is 0.358 e. The number of non-ortho nitro benzene ring substituents is 1. The van der Waals surface area contributed by atoms with Gasteiger partial charge in [-0.1, -0.05) is 32.1 Å². The molecule has 1 aromatic heterocycles. The van der Waals surface area contributed by atoms with Crippen molar-refractivity contribution >= 4 is 11.7 Å². The highest BCUT2D eigenvalue weighted by Gasteiger charge is 2.29. The monoisotopic (exact) mass is 290 g/mol. The van der Waals surface area contributed by atoms with Crippen LogP contribution in [0.4, 0.5) is 5.69 Å². The third kappa shape index (κ3) is 2.73. The Kier molecular flexibility index (Phi) is 3.46. The summed E-state index contributed by atoms with van der Waals surface area (Å²) in [6.07, 6.45) is 0. The van der Waals surface area contributed by atoms with Gasteiger partial charge in [0.05, 0.1) is 16.3 Å². The van der Waals surface area contributed by atoms with Gasteiger partial charge >= 0.3 is 5.97 Å². The SMILES string of the molecule is CC(C)(C)c1c(C(=O)O)nnn1-c1cccc([N+](=O)[O-])c1. The molecule has 0 amide bonds. The first-order valence-corrected chi connectivity index (χ1v) is 6.16. The number of carbonyl (C=O) groups is 1. The fourth-order valence-electron chi connectivity index (χ4n) is 2.02. The first-order valence-electron chi connectivity index (χ1n) is 6.16. The van der Waals surface area contributed by atoms with Crippen LogP contribution in [0.1, 0.15) is 37.0 Å². The minimum atomic E-state index is -1.18. The molecule has 0 aliphatic rings. The van der Waals surface area contributed by atoms with E-state index in [0.29, 0.717) is 11.4 Å². The third-order valence-electron chi connectivity index (χ3n) is 2.87. The van der Waals surface area contributed by atoms with E-state index in [1.54, 1.807) is 6.07 Å². The van der Waals surface area contributed by atoms with Crippen LogP contribution in [0.3, 0.4) is 0 Å². The van der Waals surface area contributed by atoms with E-state index in [4.69, 9.17) is 0 Å². The first kappa shape index (κ1) is 14.6. The molecule has 8 heteroatoms. The molecular weight excluding hydrogens is 276 g/mol. The van der Waals surface area contributed by atoms with Gasteiger partial charge in [0.25, 0.3) is 5.69 Å². The molecule has 0 saturated heterocycles. The lowest BCUT2D eigenvalue weighted by molar-refractivity contribution is -0.384. The molecule has 21 heavy (non-hydrogen) atoms. The van der Waals surface area contributed by atoms with E-state index in [1.807, 2.05) is 20.8 Å². The molecule has 0 spiro atoms. The predicted molar refractivity (Wildman–Crippen MR) is 73.7 cm³/mol. The molecule has 0 aliphatic heterocycles. The summed E-state index contributed by atoms with van der Waals surface area (Å²) in [5.74, 6) is -1.18. The molecular formula is C13H14N4O4. The molecule has 0 aliphatic carbocycles. The number of carboxylic acids is 1. The van der Waals surface area contributed by atoms with Gasteiger partial charge in [0.1, 0.15) is 0 Å². The zero-order valence-corrected chi connectivity index (χ0v) is 11.8. The van der Waals surface area contributed by atoms with Crippen LogP contribution in [0.5, 0.6) is 0 Å². The minimum Gasteiger partial charge on any atom is -0.476 e. The van der Waals surface area contributed by atoms with Crippen LogP contribution in [0.25, 0.3) is 5.69 Å². The van der Waals surface area contributed by atoms with Crippen LogP contribution in [0.15, 0.2) is 24.3 Å². The molecule has 0 fully saturated rings. The van der Waals surface area contributed by atoms with E-state index in [9.17, 15) is 20.0 Å². The molecule has 1 N–H and O–H groups in total. The largest absolute Gasteiger partial charge is 0.476 e. The fraction of sp³-hybridized carbons (Fsp3) is 0.308. The molecule has 2 rings (SSSR count). The lowest BCUT2D eigenvalue weighted by Crippen LogP contribution is -2.21. The Morgan fingerprint density at radius 1 is 1.38 bits per heavy atom. The number of nitro groups is 1. The van der Waals surface area contributed by atoms with Crippen molar-refractivity contribution in [3.05, 3.63) is 45.8 Å². The van der Waals surface area contributed by atoms with Crippen LogP contribution in [-0.2, 0) is 5.41 Å². The summed E-state index contributed by atoms with van der Waals surface area (Å²) in [7, 11) is 0. The highest BCUT2D eigenvalue weighted by molar-refractivity contribution is 5.87. The molecule has 8 nitrogen and oxygen atoms in total. The highest BCUT2D eigenvalue weighted by Crippen LogP contribution is 2.28. The third-order valence-corrected chi connectivity index (χ3v) is 2.87. The quantitative estimate of drug-likeness (QED) is 0.685. The number of rotatable bonds is 3. The van der Waals surface area contributed by atoms with Crippen LogP contribution < -0.4 is 0 Å². The van der Waals surface area contributed by atoms with Gasteiger partial charge < -0.3 is 5.11 Å². The molecule has 0 saturated carbocycles. The van der Waals surface area contributed by atoms with Gasteiger partial charge in [-0.3, -0.25) is 10.1 Å². The molecule has 0 bridgehead atoms. The Balaban J connectivity index is 2.67. The number of hydrogen-bond donors (Lipinski definition) is 1. The van der Waals surface area contributed by atoms with E-state index in [1.165, 1.54) is 22.9 Å². The topological polar surface area (TPSA) is 111 Å². The average molecular weight is 290 g/mol. The molecule has 0 atom stereocenters. The molecule has 1 heterocycles. The molecule has 1 aromatic carbocycles. The van der Waals surface area contributed by atoms with Crippen molar-refractivity contribution in [2.45, 2.75) is 26.2 Å². The Hall–Kier alpha value is -2.77. The number of nitrogens with zero attached hydrogens (tertiary/aromatic N) is 4. The number of benzene rings is 1. The average Bonchev–Trinajstić information content (AvgIpc) is 2.83. The Morgan fingerprint density at radius 3 is 2.57 bits per heavy atom. The van der Waals surface area contributed by atoms with Crippen molar-refractivity contribution < 1.29 is 14.8 Å². The number of carboxylic acid groups (broad SMARTS) is 1. The van der Waals surface area contributed by atoms with E-state index in [-0.39, 0.29) is 11.4 Å². The maximum Gasteiger partial charge on any atom is 0.358 e. The molecule has 2 aromatic rings. The van der Waals surface area contributed by atoms with E-state index >= 15 is 0 Å². The van der Waals surface area contributed by atoms with Gasteiger partial charge in [-0.05, 0) is 6.07 Å². The summed E-state index contributed by atoms with van der Waals surface area (Å²) in [6.45, 7) is 5.48. The second-order valence-electron chi connectivity index (χ2n) is 5.53. The number of aromatic carboxylic acids is 1. The van der Waals surface area contributed by atoms with Gasteiger partial charge in [-0.2, -0.15) is 0 Å². The van der Waals surface area contributed by atoms with Crippen LogP contribution in [0, 0.1) is 10.1 Å². The zero-order chi connectivity index (χ0) is 15.8. The van der Waals surface area contributed by atoms with E-state index in [0.717, 1.165) is 0 Å². The van der Waals surface area contributed by atoms with Gasteiger partial charge in [0, 0.05) is 17.5 Å². The summed E-state index contributed by atoms with van der Waals surface area (Å²) < 4.78 is 1.33. The Bertz CT molecular complexity index is 715. The summed E-state index contributed by atoms with van der Waals surface area (Å²) in [5.41, 5.74) is -0.0136. The van der Waals surface area contributed by atoms with Crippen molar-refractivity contribution in [3.63, 3.8) is 0 Å². The van der Waals surface area contributed by atoms with Crippen LogP contribution in [-0.4, -0.2) is 31.0 Å². The summed E-state index contributed by atoms with van der Waals surface area (Å²) in [4.78, 5) is 21.6. The summed E-state index contributed by atoms with van der Waals surface area (Å²) >= 11 is 0. The van der Waals surface area contributed by atoms with E-state index in [2.05, 4.69) is 10.3 Å². The number of hydrogen-bond acceptors (Lipinski definition) is 5. The lowest BCUT2D eigenvalue weighted by Gasteiger charge is -2.20. The van der Waals surface area contributed by atoms with Crippen molar-refractivity contribution in [2.24, 2.45) is 0 Å². The molecule has 0 unspecified atom stereocenters.